The lowest BCUT2D eigenvalue weighted by Crippen LogP contribution is -2.15. The number of rotatable bonds is 2. The Kier molecular flexibility index (Phi) is 3.11. The zero-order chi connectivity index (χ0) is 8.97. The molecule has 0 aromatic heterocycles. The third-order valence-electron chi connectivity index (χ3n) is 1.51. The summed E-state index contributed by atoms with van der Waals surface area (Å²) in [7, 11) is 0. The van der Waals surface area contributed by atoms with Gasteiger partial charge in [-0.1, -0.05) is 29.8 Å². The molecule has 0 aliphatic rings. The van der Waals surface area contributed by atoms with E-state index >= 15 is 0 Å². The SMILES string of the molecule is Cc1cccc(CNC(=O)Cl)c1. The minimum atomic E-state index is -0.517. The van der Waals surface area contributed by atoms with Crippen molar-refractivity contribution in [2.75, 3.05) is 0 Å². The Hall–Kier alpha value is -1.02. The van der Waals surface area contributed by atoms with Crippen molar-refractivity contribution in [1.29, 1.82) is 0 Å². The van der Waals surface area contributed by atoms with E-state index in [1.165, 1.54) is 5.56 Å². The van der Waals surface area contributed by atoms with Crippen molar-refractivity contribution in [2.24, 2.45) is 0 Å². The number of hydrogen-bond donors (Lipinski definition) is 1. The number of carbonyl (C=O) groups excluding carboxylic acids is 1. The summed E-state index contributed by atoms with van der Waals surface area (Å²) < 4.78 is 0. The van der Waals surface area contributed by atoms with E-state index in [0.717, 1.165) is 5.56 Å². The topological polar surface area (TPSA) is 29.1 Å². The Morgan fingerprint density at radius 3 is 2.92 bits per heavy atom. The molecule has 0 radical (unpaired) electrons. The molecular weight excluding hydrogens is 174 g/mol. The van der Waals surface area contributed by atoms with Crippen molar-refractivity contribution in [1.82, 2.24) is 5.32 Å². The number of nitrogens with one attached hydrogen (secondary N) is 1. The Bertz CT molecular complexity index is 286. The predicted octanol–water partition coefficient (Wildman–Crippen LogP) is 2.44. The van der Waals surface area contributed by atoms with Crippen LogP contribution in [0.5, 0.6) is 0 Å². The highest BCUT2D eigenvalue weighted by molar-refractivity contribution is 6.62. The van der Waals surface area contributed by atoms with Gasteiger partial charge in [0.1, 0.15) is 0 Å². The van der Waals surface area contributed by atoms with Crippen molar-refractivity contribution >= 4 is 17.0 Å². The highest BCUT2D eigenvalue weighted by atomic mass is 35.5. The normalized spacial score (nSPS) is 9.50. The molecule has 3 heteroatoms. The van der Waals surface area contributed by atoms with E-state index < -0.39 is 5.37 Å². The van der Waals surface area contributed by atoms with Crippen LogP contribution >= 0.6 is 11.6 Å². The Labute approximate surface area is 76.5 Å². The van der Waals surface area contributed by atoms with Crippen molar-refractivity contribution in [3.8, 4) is 0 Å². The second-order valence-electron chi connectivity index (χ2n) is 2.62. The molecule has 0 bridgehead atoms. The lowest BCUT2D eigenvalue weighted by atomic mass is 10.1. The molecule has 0 aliphatic heterocycles. The lowest BCUT2D eigenvalue weighted by Gasteiger charge is -2.01. The Morgan fingerprint density at radius 1 is 1.58 bits per heavy atom. The van der Waals surface area contributed by atoms with Crippen LogP contribution in [0.2, 0.25) is 0 Å². The maximum absolute atomic E-state index is 10.4. The molecule has 1 N–H and O–H groups in total. The summed E-state index contributed by atoms with van der Waals surface area (Å²) >= 11 is 5.12. The Balaban J connectivity index is 2.57. The van der Waals surface area contributed by atoms with Crippen LogP contribution in [0.4, 0.5) is 4.79 Å². The third kappa shape index (κ3) is 2.93. The molecule has 2 nitrogen and oxygen atoms in total. The molecule has 0 spiro atoms. The molecule has 0 fully saturated rings. The molecular formula is C9H10ClNO. The lowest BCUT2D eigenvalue weighted by molar-refractivity contribution is 0.259. The maximum Gasteiger partial charge on any atom is 0.314 e. The summed E-state index contributed by atoms with van der Waals surface area (Å²) in [5.74, 6) is 0. The van der Waals surface area contributed by atoms with Gasteiger partial charge in [-0.05, 0) is 24.1 Å². The number of amides is 1. The van der Waals surface area contributed by atoms with Gasteiger partial charge in [-0.2, -0.15) is 0 Å². The average molecular weight is 184 g/mol. The standard InChI is InChI=1S/C9H10ClNO/c1-7-3-2-4-8(5-7)6-11-9(10)12/h2-5H,6H2,1H3,(H,11,12). The summed E-state index contributed by atoms with van der Waals surface area (Å²) in [6, 6.07) is 7.91. The zero-order valence-electron chi connectivity index (χ0n) is 6.80. The van der Waals surface area contributed by atoms with Gasteiger partial charge in [-0.15, -0.1) is 0 Å². The molecule has 1 aromatic carbocycles. The average Bonchev–Trinajstić information content (AvgIpc) is 2.01. The molecule has 0 aliphatic carbocycles. The summed E-state index contributed by atoms with van der Waals surface area (Å²) in [6.07, 6.45) is 0. The second kappa shape index (κ2) is 4.12. The van der Waals surface area contributed by atoms with Gasteiger partial charge in [-0.3, -0.25) is 4.79 Å². The summed E-state index contributed by atoms with van der Waals surface area (Å²) in [6.45, 7) is 2.50. The quantitative estimate of drug-likeness (QED) is 0.554. The number of carbonyl (C=O) groups is 1. The second-order valence-corrected chi connectivity index (χ2v) is 2.96. The van der Waals surface area contributed by atoms with Gasteiger partial charge in [-0.25, -0.2) is 0 Å². The van der Waals surface area contributed by atoms with Crippen LogP contribution in [0.3, 0.4) is 0 Å². The number of benzene rings is 1. The van der Waals surface area contributed by atoms with Crippen LogP contribution < -0.4 is 5.32 Å². The van der Waals surface area contributed by atoms with Gasteiger partial charge in [0.15, 0.2) is 0 Å². The van der Waals surface area contributed by atoms with Crippen LogP contribution in [0.1, 0.15) is 11.1 Å². The van der Waals surface area contributed by atoms with Crippen LogP contribution in [-0.4, -0.2) is 5.37 Å². The van der Waals surface area contributed by atoms with Crippen LogP contribution in [-0.2, 0) is 6.54 Å². The van der Waals surface area contributed by atoms with E-state index in [-0.39, 0.29) is 0 Å². The maximum atomic E-state index is 10.4. The highest BCUT2D eigenvalue weighted by Gasteiger charge is 1.95. The van der Waals surface area contributed by atoms with Crippen molar-refractivity contribution in [2.45, 2.75) is 13.5 Å². The fourth-order valence-corrected chi connectivity index (χ4v) is 1.06. The largest absolute Gasteiger partial charge is 0.339 e. The van der Waals surface area contributed by atoms with Crippen molar-refractivity contribution in [3.63, 3.8) is 0 Å². The minimum Gasteiger partial charge on any atom is -0.339 e. The first kappa shape index (κ1) is 9.07. The first-order valence-electron chi connectivity index (χ1n) is 3.67. The fourth-order valence-electron chi connectivity index (χ4n) is 0.994. The van der Waals surface area contributed by atoms with Gasteiger partial charge >= 0.3 is 5.37 Å². The van der Waals surface area contributed by atoms with E-state index in [1.54, 1.807) is 0 Å². The molecule has 0 heterocycles. The molecule has 1 aromatic rings. The van der Waals surface area contributed by atoms with Gasteiger partial charge in [0.25, 0.3) is 0 Å². The molecule has 0 unspecified atom stereocenters. The first-order chi connectivity index (χ1) is 5.68. The molecule has 0 atom stereocenters. The van der Waals surface area contributed by atoms with E-state index in [1.807, 2.05) is 31.2 Å². The van der Waals surface area contributed by atoms with Crippen molar-refractivity contribution in [3.05, 3.63) is 35.4 Å². The molecule has 64 valence electrons. The summed E-state index contributed by atoms with van der Waals surface area (Å²) in [5.41, 5.74) is 2.24. The van der Waals surface area contributed by atoms with Gasteiger partial charge in [0, 0.05) is 6.54 Å². The predicted molar refractivity (Wildman–Crippen MR) is 49.3 cm³/mol. The monoisotopic (exact) mass is 183 g/mol. The molecule has 12 heavy (non-hydrogen) atoms. The van der Waals surface area contributed by atoms with Crippen LogP contribution in [0.25, 0.3) is 0 Å². The van der Waals surface area contributed by atoms with Crippen LogP contribution in [0, 0.1) is 6.92 Å². The molecule has 1 rings (SSSR count). The fraction of sp³-hybridized carbons (Fsp3) is 0.222. The summed E-state index contributed by atoms with van der Waals surface area (Å²) in [4.78, 5) is 10.4. The third-order valence-corrected chi connectivity index (χ3v) is 1.65. The van der Waals surface area contributed by atoms with Gasteiger partial charge in [0.05, 0.1) is 0 Å². The van der Waals surface area contributed by atoms with E-state index in [4.69, 9.17) is 11.6 Å². The Morgan fingerprint density at radius 2 is 2.33 bits per heavy atom. The van der Waals surface area contributed by atoms with Crippen molar-refractivity contribution < 1.29 is 4.79 Å². The van der Waals surface area contributed by atoms with Gasteiger partial charge < -0.3 is 5.32 Å². The number of hydrogen-bond acceptors (Lipinski definition) is 1. The van der Waals surface area contributed by atoms with Crippen LogP contribution in [0.15, 0.2) is 24.3 Å². The highest BCUT2D eigenvalue weighted by Crippen LogP contribution is 2.03. The molecule has 0 saturated heterocycles. The molecule has 0 saturated carbocycles. The van der Waals surface area contributed by atoms with Gasteiger partial charge in [0.2, 0.25) is 0 Å². The number of halogens is 1. The summed E-state index contributed by atoms with van der Waals surface area (Å²) in [5, 5.41) is 2.00. The zero-order valence-corrected chi connectivity index (χ0v) is 7.56. The van der Waals surface area contributed by atoms with E-state index in [0.29, 0.717) is 6.54 Å². The smallest absolute Gasteiger partial charge is 0.314 e. The van der Waals surface area contributed by atoms with E-state index in [2.05, 4.69) is 5.32 Å². The number of aryl methyl sites for hydroxylation is 1. The molecule has 1 amide bonds. The first-order valence-corrected chi connectivity index (χ1v) is 4.05. The van der Waals surface area contributed by atoms with E-state index in [9.17, 15) is 4.79 Å². The minimum absolute atomic E-state index is 0.490.